The van der Waals surface area contributed by atoms with E-state index in [2.05, 4.69) is 68.1 Å². The Morgan fingerprint density at radius 3 is 1.75 bits per heavy atom. The molecule has 0 saturated carbocycles. The highest BCUT2D eigenvalue weighted by Crippen LogP contribution is 2.46. The molecule has 1 aliphatic carbocycles. The van der Waals surface area contributed by atoms with Crippen molar-refractivity contribution in [1.82, 2.24) is 0 Å². The molecule has 2 aromatic rings. The summed E-state index contributed by atoms with van der Waals surface area (Å²) < 4.78 is 0. The van der Waals surface area contributed by atoms with Gasteiger partial charge in [0.05, 0.1) is 0 Å². The molecule has 1 aliphatic rings. The third kappa shape index (κ3) is 1.31. The zero-order valence-electron chi connectivity index (χ0n) is 9.22. The van der Waals surface area contributed by atoms with Crippen molar-refractivity contribution in [3.8, 4) is 11.1 Å². The molecular formula is C15H14S. The number of benzene rings is 2. The average molecular weight is 226 g/mol. The van der Waals surface area contributed by atoms with Crippen molar-refractivity contribution in [3.63, 3.8) is 0 Å². The smallest absolute Gasteiger partial charge is 0.0215 e. The maximum Gasteiger partial charge on any atom is 0.0215 e. The van der Waals surface area contributed by atoms with E-state index in [0.717, 1.165) is 0 Å². The molecule has 0 radical (unpaired) electrons. The monoisotopic (exact) mass is 226 g/mol. The summed E-state index contributed by atoms with van der Waals surface area (Å²) in [4.78, 5) is 0. The number of hydrogen-bond donors (Lipinski definition) is 1. The van der Waals surface area contributed by atoms with Gasteiger partial charge in [-0.15, -0.1) is 0 Å². The SMILES string of the molecule is CC(S)C1c2ccccc2-c2ccccc21. The number of rotatable bonds is 1. The van der Waals surface area contributed by atoms with Gasteiger partial charge in [-0.05, 0) is 22.3 Å². The Labute approximate surface area is 102 Å². The van der Waals surface area contributed by atoms with Crippen molar-refractivity contribution in [2.24, 2.45) is 0 Å². The summed E-state index contributed by atoms with van der Waals surface area (Å²) in [7, 11) is 0. The van der Waals surface area contributed by atoms with Crippen LogP contribution in [0.1, 0.15) is 24.0 Å². The number of hydrogen-bond acceptors (Lipinski definition) is 1. The molecule has 1 unspecified atom stereocenters. The van der Waals surface area contributed by atoms with Gasteiger partial charge in [0.15, 0.2) is 0 Å². The zero-order chi connectivity index (χ0) is 11.1. The fraction of sp³-hybridized carbons (Fsp3) is 0.200. The Morgan fingerprint density at radius 2 is 1.31 bits per heavy atom. The second-order valence-electron chi connectivity index (χ2n) is 4.39. The van der Waals surface area contributed by atoms with E-state index >= 15 is 0 Å². The largest absolute Gasteiger partial charge is 0.175 e. The molecule has 1 atom stereocenters. The maximum absolute atomic E-state index is 4.64. The van der Waals surface area contributed by atoms with Crippen LogP contribution in [0.15, 0.2) is 48.5 Å². The van der Waals surface area contributed by atoms with Gasteiger partial charge in [-0.2, -0.15) is 12.6 Å². The van der Waals surface area contributed by atoms with Crippen molar-refractivity contribution >= 4 is 12.6 Å². The Hall–Kier alpha value is -1.21. The summed E-state index contributed by atoms with van der Waals surface area (Å²) in [5.74, 6) is 0.440. The van der Waals surface area contributed by atoms with Crippen LogP contribution in [-0.2, 0) is 0 Å². The first kappa shape index (κ1) is 9.98. The molecular weight excluding hydrogens is 212 g/mol. The minimum absolute atomic E-state index is 0.352. The standard InChI is InChI=1S/C15H14S/c1-10(16)15-13-8-4-2-6-11(13)12-7-3-5-9-14(12)15/h2-10,15-16H,1H3. The van der Waals surface area contributed by atoms with Crippen molar-refractivity contribution in [1.29, 1.82) is 0 Å². The average Bonchev–Trinajstić information content (AvgIpc) is 2.63. The molecule has 2 aromatic carbocycles. The van der Waals surface area contributed by atoms with Crippen molar-refractivity contribution in [2.75, 3.05) is 0 Å². The van der Waals surface area contributed by atoms with E-state index in [4.69, 9.17) is 0 Å². The van der Waals surface area contributed by atoms with E-state index in [1.54, 1.807) is 0 Å². The summed E-state index contributed by atoms with van der Waals surface area (Å²) in [6.07, 6.45) is 0. The lowest BCUT2D eigenvalue weighted by atomic mass is 9.94. The second kappa shape index (κ2) is 3.67. The molecule has 16 heavy (non-hydrogen) atoms. The third-order valence-corrected chi connectivity index (χ3v) is 3.66. The van der Waals surface area contributed by atoms with Crippen molar-refractivity contribution < 1.29 is 0 Å². The van der Waals surface area contributed by atoms with E-state index in [1.165, 1.54) is 22.3 Å². The quantitative estimate of drug-likeness (QED) is 0.695. The van der Waals surface area contributed by atoms with Gasteiger partial charge in [0.2, 0.25) is 0 Å². The molecule has 0 aromatic heterocycles. The predicted molar refractivity (Wildman–Crippen MR) is 72.2 cm³/mol. The molecule has 0 heterocycles. The van der Waals surface area contributed by atoms with Crippen LogP contribution in [0.3, 0.4) is 0 Å². The van der Waals surface area contributed by atoms with Crippen LogP contribution < -0.4 is 0 Å². The fourth-order valence-corrected chi connectivity index (χ4v) is 3.04. The molecule has 80 valence electrons. The van der Waals surface area contributed by atoms with Gasteiger partial charge >= 0.3 is 0 Å². The summed E-state index contributed by atoms with van der Waals surface area (Å²) in [6.45, 7) is 2.17. The lowest BCUT2D eigenvalue weighted by molar-refractivity contribution is 0.822. The molecule has 0 fully saturated rings. The fourth-order valence-electron chi connectivity index (χ4n) is 2.71. The van der Waals surface area contributed by atoms with E-state index in [-0.39, 0.29) is 0 Å². The molecule has 0 spiro atoms. The van der Waals surface area contributed by atoms with Crippen LogP contribution in [0, 0.1) is 0 Å². The van der Waals surface area contributed by atoms with Gasteiger partial charge in [-0.3, -0.25) is 0 Å². The van der Waals surface area contributed by atoms with Crippen molar-refractivity contribution in [3.05, 3.63) is 59.7 Å². The van der Waals surface area contributed by atoms with Gasteiger partial charge in [0, 0.05) is 11.2 Å². The lowest BCUT2D eigenvalue weighted by Crippen LogP contribution is -2.07. The molecule has 0 saturated heterocycles. The van der Waals surface area contributed by atoms with E-state index in [1.807, 2.05) is 0 Å². The first-order valence-corrected chi connectivity index (χ1v) is 6.17. The van der Waals surface area contributed by atoms with Crippen LogP contribution in [0.25, 0.3) is 11.1 Å². The topological polar surface area (TPSA) is 0 Å². The van der Waals surface area contributed by atoms with Gasteiger partial charge in [-0.1, -0.05) is 55.5 Å². The summed E-state index contributed by atoms with van der Waals surface area (Å²) in [6, 6.07) is 17.3. The minimum atomic E-state index is 0.352. The van der Waals surface area contributed by atoms with Crippen LogP contribution in [0.5, 0.6) is 0 Å². The third-order valence-electron chi connectivity index (χ3n) is 3.36. The molecule has 0 nitrogen and oxygen atoms in total. The summed E-state index contributed by atoms with van der Waals surface area (Å²) in [5, 5.41) is 0.352. The van der Waals surface area contributed by atoms with Gasteiger partial charge < -0.3 is 0 Å². The Morgan fingerprint density at radius 1 is 0.875 bits per heavy atom. The van der Waals surface area contributed by atoms with Gasteiger partial charge in [0.25, 0.3) is 0 Å². The molecule has 0 bridgehead atoms. The molecule has 1 heteroatoms. The van der Waals surface area contributed by atoms with Crippen molar-refractivity contribution in [2.45, 2.75) is 18.1 Å². The molecule has 0 N–H and O–H groups in total. The minimum Gasteiger partial charge on any atom is -0.175 e. The lowest BCUT2D eigenvalue weighted by Gasteiger charge is -2.16. The summed E-state index contributed by atoms with van der Waals surface area (Å²) in [5.41, 5.74) is 5.60. The van der Waals surface area contributed by atoms with E-state index < -0.39 is 0 Å². The highest BCUT2D eigenvalue weighted by atomic mass is 32.1. The first-order valence-electron chi connectivity index (χ1n) is 5.65. The Bertz CT molecular complexity index is 483. The normalized spacial score (nSPS) is 15.6. The van der Waals surface area contributed by atoms with Gasteiger partial charge in [0.1, 0.15) is 0 Å². The Balaban J connectivity index is 2.30. The zero-order valence-corrected chi connectivity index (χ0v) is 10.1. The maximum atomic E-state index is 4.64. The second-order valence-corrected chi connectivity index (χ2v) is 5.21. The van der Waals surface area contributed by atoms with Crippen LogP contribution in [0.2, 0.25) is 0 Å². The van der Waals surface area contributed by atoms with Gasteiger partial charge in [-0.25, -0.2) is 0 Å². The van der Waals surface area contributed by atoms with Crippen LogP contribution in [0.4, 0.5) is 0 Å². The number of thiol groups is 1. The highest BCUT2D eigenvalue weighted by Gasteiger charge is 2.30. The number of fused-ring (bicyclic) bond motifs is 3. The predicted octanol–water partition coefficient (Wildman–Crippen LogP) is 4.12. The summed E-state index contributed by atoms with van der Waals surface area (Å²) >= 11 is 4.64. The van der Waals surface area contributed by atoms with Crippen LogP contribution >= 0.6 is 12.6 Å². The molecule has 0 aliphatic heterocycles. The van der Waals surface area contributed by atoms with E-state index in [9.17, 15) is 0 Å². The molecule has 0 amide bonds. The Kier molecular flexibility index (Phi) is 2.29. The highest BCUT2D eigenvalue weighted by molar-refractivity contribution is 7.81. The van der Waals surface area contributed by atoms with Crippen LogP contribution in [-0.4, -0.2) is 5.25 Å². The van der Waals surface area contributed by atoms with E-state index in [0.29, 0.717) is 11.2 Å². The first-order chi connectivity index (χ1) is 7.79. The molecule has 3 rings (SSSR count).